The van der Waals surface area contributed by atoms with Crippen LogP contribution in [0.5, 0.6) is 0 Å². The zero-order chi connectivity index (χ0) is 14.2. The SMILES string of the molecule is CCC(CC)C(NCc1cccnc1)c1ccccc1. The van der Waals surface area contributed by atoms with Crippen LogP contribution >= 0.6 is 0 Å². The van der Waals surface area contributed by atoms with Gasteiger partial charge in [-0.15, -0.1) is 0 Å². The van der Waals surface area contributed by atoms with Crippen molar-refractivity contribution >= 4 is 0 Å². The highest BCUT2D eigenvalue weighted by Gasteiger charge is 2.19. The second kappa shape index (κ2) is 7.81. The molecule has 0 aliphatic carbocycles. The summed E-state index contributed by atoms with van der Waals surface area (Å²) in [4.78, 5) is 4.18. The van der Waals surface area contributed by atoms with Crippen molar-refractivity contribution in [2.75, 3.05) is 0 Å². The maximum Gasteiger partial charge on any atom is 0.0351 e. The third kappa shape index (κ3) is 3.91. The minimum Gasteiger partial charge on any atom is -0.306 e. The van der Waals surface area contributed by atoms with Gasteiger partial charge in [0.25, 0.3) is 0 Å². The average Bonchev–Trinajstić information content (AvgIpc) is 2.53. The molecule has 1 aromatic heterocycles. The van der Waals surface area contributed by atoms with E-state index < -0.39 is 0 Å². The molecular formula is C18H24N2. The third-order valence-electron chi connectivity index (χ3n) is 3.93. The molecule has 1 unspecified atom stereocenters. The van der Waals surface area contributed by atoms with Crippen LogP contribution in [-0.4, -0.2) is 4.98 Å². The first kappa shape index (κ1) is 14.7. The predicted octanol–water partition coefficient (Wildman–Crippen LogP) is 4.35. The Kier molecular flexibility index (Phi) is 5.75. The maximum atomic E-state index is 4.18. The van der Waals surface area contributed by atoms with Crippen molar-refractivity contribution < 1.29 is 0 Å². The number of nitrogens with zero attached hydrogens (tertiary/aromatic N) is 1. The number of hydrogen-bond donors (Lipinski definition) is 1. The number of benzene rings is 1. The Bertz CT molecular complexity index is 477. The molecule has 2 nitrogen and oxygen atoms in total. The van der Waals surface area contributed by atoms with Crippen molar-refractivity contribution in [3.63, 3.8) is 0 Å². The van der Waals surface area contributed by atoms with Gasteiger partial charge in [-0.3, -0.25) is 4.98 Å². The van der Waals surface area contributed by atoms with E-state index in [9.17, 15) is 0 Å². The van der Waals surface area contributed by atoms with Crippen LogP contribution in [0.25, 0.3) is 0 Å². The van der Waals surface area contributed by atoms with Gasteiger partial charge in [-0.25, -0.2) is 0 Å². The lowest BCUT2D eigenvalue weighted by Crippen LogP contribution is -2.27. The number of rotatable bonds is 7. The van der Waals surface area contributed by atoms with Crippen LogP contribution in [0, 0.1) is 5.92 Å². The number of nitrogens with one attached hydrogen (secondary N) is 1. The van der Waals surface area contributed by atoms with E-state index in [2.05, 4.69) is 60.5 Å². The molecule has 1 atom stereocenters. The molecule has 2 aromatic rings. The summed E-state index contributed by atoms with van der Waals surface area (Å²) in [5, 5.41) is 3.71. The number of aromatic nitrogens is 1. The van der Waals surface area contributed by atoms with Gasteiger partial charge in [-0.1, -0.05) is 63.1 Å². The summed E-state index contributed by atoms with van der Waals surface area (Å²) in [5.74, 6) is 0.661. The molecule has 1 heterocycles. The lowest BCUT2D eigenvalue weighted by Gasteiger charge is -2.27. The Labute approximate surface area is 122 Å². The van der Waals surface area contributed by atoms with E-state index in [1.54, 1.807) is 0 Å². The molecule has 0 bridgehead atoms. The molecule has 0 amide bonds. The van der Waals surface area contributed by atoms with Crippen LogP contribution in [0.2, 0.25) is 0 Å². The fourth-order valence-corrected chi connectivity index (χ4v) is 2.71. The molecule has 106 valence electrons. The molecule has 2 rings (SSSR count). The first-order valence-corrected chi connectivity index (χ1v) is 7.52. The maximum absolute atomic E-state index is 4.18. The smallest absolute Gasteiger partial charge is 0.0351 e. The summed E-state index contributed by atoms with van der Waals surface area (Å²) >= 11 is 0. The fraction of sp³-hybridized carbons (Fsp3) is 0.389. The van der Waals surface area contributed by atoms with Crippen LogP contribution in [-0.2, 0) is 6.54 Å². The monoisotopic (exact) mass is 268 g/mol. The van der Waals surface area contributed by atoms with Crippen molar-refractivity contribution in [3.05, 3.63) is 66.0 Å². The minimum absolute atomic E-state index is 0.409. The van der Waals surface area contributed by atoms with Crippen molar-refractivity contribution in [2.24, 2.45) is 5.92 Å². The summed E-state index contributed by atoms with van der Waals surface area (Å²) in [6.07, 6.45) is 6.13. The highest BCUT2D eigenvalue weighted by Crippen LogP contribution is 2.27. The first-order chi connectivity index (χ1) is 9.85. The second-order valence-corrected chi connectivity index (χ2v) is 5.21. The van der Waals surface area contributed by atoms with Crippen molar-refractivity contribution in [1.29, 1.82) is 0 Å². The van der Waals surface area contributed by atoms with E-state index in [4.69, 9.17) is 0 Å². The molecule has 0 spiro atoms. The molecule has 0 saturated carbocycles. The summed E-state index contributed by atoms with van der Waals surface area (Å²) in [6.45, 7) is 5.41. The summed E-state index contributed by atoms with van der Waals surface area (Å²) < 4.78 is 0. The number of hydrogen-bond acceptors (Lipinski definition) is 2. The average molecular weight is 268 g/mol. The van der Waals surface area contributed by atoms with Gasteiger partial charge in [-0.2, -0.15) is 0 Å². The molecular weight excluding hydrogens is 244 g/mol. The summed E-state index contributed by atoms with van der Waals surface area (Å²) in [7, 11) is 0. The van der Waals surface area contributed by atoms with Gasteiger partial charge in [0.1, 0.15) is 0 Å². The Hall–Kier alpha value is -1.67. The molecule has 0 aliphatic rings. The molecule has 0 saturated heterocycles. The molecule has 20 heavy (non-hydrogen) atoms. The third-order valence-corrected chi connectivity index (χ3v) is 3.93. The van der Waals surface area contributed by atoms with Crippen LogP contribution < -0.4 is 5.32 Å². The quantitative estimate of drug-likeness (QED) is 0.807. The first-order valence-electron chi connectivity index (χ1n) is 7.52. The minimum atomic E-state index is 0.409. The van der Waals surface area contributed by atoms with E-state index in [1.807, 2.05) is 18.5 Å². The van der Waals surface area contributed by atoms with Gasteiger partial charge >= 0.3 is 0 Å². The van der Waals surface area contributed by atoms with E-state index in [0.717, 1.165) is 6.54 Å². The molecule has 1 aromatic carbocycles. The lowest BCUT2D eigenvalue weighted by atomic mass is 9.88. The molecule has 2 heteroatoms. The molecule has 0 aliphatic heterocycles. The van der Waals surface area contributed by atoms with Crippen LogP contribution in [0.4, 0.5) is 0 Å². The van der Waals surface area contributed by atoms with E-state index in [-0.39, 0.29) is 0 Å². The highest BCUT2D eigenvalue weighted by molar-refractivity contribution is 5.20. The summed E-state index contributed by atoms with van der Waals surface area (Å²) in [6, 6.07) is 15.3. The second-order valence-electron chi connectivity index (χ2n) is 5.21. The largest absolute Gasteiger partial charge is 0.306 e. The van der Waals surface area contributed by atoms with Gasteiger partial charge < -0.3 is 5.32 Å². The fourth-order valence-electron chi connectivity index (χ4n) is 2.71. The van der Waals surface area contributed by atoms with Crippen molar-refractivity contribution in [1.82, 2.24) is 10.3 Å². The topological polar surface area (TPSA) is 24.9 Å². The Balaban J connectivity index is 2.11. The van der Waals surface area contributed by atoms with Gasteiger partial charge in [0.05, 0.1) is 0 Å². The van der Waals surface area contributed by atoms with Crippen molar-refractivity contribution in [2.45, 2.75) is 39.3 Å². The Morgan fingerprint density at radius 3 is 2.35 bits per heavy atom. The van der Waals surface area contributed by atoms with Gasteiger partial charge in [0, 0.05) is 25.0 Å². The number of pyridine rings is 1. The van der Waals surface area contributed by atoms with Gasteiger partial charge in [-0.05, 0) is 23.1 Å². The lowest BCUT2D eigenvalue weighted by molar-refractivity contribution is 0.339. The van der Waals surface area contributed by atoms with Gasteiger partial charge in [0.2, 0.25) is 0 Å². The molecule has 0 radical (unpaired) electrons. The zero-order valence-corrected chi connectivity index (χ0v) is 12.4. The van der Waals surface area contributed by atoms with E-state index >= 15 is 0 Å². The van der Waals surface area contributed by atoms with E-state index in [1.165, 1.54) is 24.0 Å². The zero-order valence-electron chi connectivity index (χ0n) is 12.4. The normalized spacial score (nSPS) is 12.6. The Morgan fingerprint density at radius 1 is 1.00 bits per heavy atom. The summed E-state index contributed by atoms with van der Waals surface area (Å²) in [5.41, 5.74) is 2.62. The molecule has 1 N–H and O–H groups in total. The van der Waals surface area contributed by atoms with E-state index in [0.29, 0.717) is 12.0 Å². The standard InChI is InChI=1S/C18H24N2/c1-3-16(4-2)18(17-10-6-5-7-11-17)20-14-15-9-8-12-19-13-15/h5-13,16,18,20H,3-4,14H2,1-2H3. The van der Waals surface area contributed by atoms with Crippen molar-refractivity contribution in [3.8, 4) is 0 Å². The highest BCUT2D eigenvalue weighted by atomic mass is 14.9. The van der Waals surface area contributed by atoms with Crippen LogP contribution in [0.15, 0.2) is 54.9 Å². The predicted molar refractivity (Wildman–Crippen MR) is 84.3 cm³/mol. The molecule has 0 fully saturated rings. The van der Waals surface area contributed by atoms with Gasteiger partial charge in [0.15, 0.2) is 0 Å². The van der Waals surface area contributed by atoms with Crippen LogP contribution in [0.3, 0.4) is 0 Å². The Morgan fingerprint density at radius 2 is 1.75 bits per heavy atom. The van der Waals surface area contributed by atoms with Crippen LogP contribution in [0.1, 0.15) is 43.9 Å².